The van der Waals surface area contributed by atoms with Crippen molar-refractivity contribution in [2.75, 3.05) is 12.3 Å². The molecule has 2 aromatic heterocycles. The van der Waals surface area contributed by atoms with Gasteiger partial charge in [-0.15, -0.1) is 11.3 Å². The lowest BCUT2D eigenvalue weighted by molar-refractivity contribution is 0.0702. The number of nitrogens with two attached hydrogens (primary N) is 1. The van der Waals surface area contributed by atoms with Gasteiger partial charge in [-0.3, -0.25) is 0 Å². The van der Waals surface area contributed by atoms with Gasteiger partial charge < -0.3 is 10.5 Å². The molecule has 0 atom stereocenters. The van der Waals surface area contributed by atoms with Crippen molar-refractivity contribution >= 4 is 27.4 Å². The molecule has 1 aliphatic carbocycles. The molecule has 0 amide bonds. The third kappa shape index (κ3) is 3.19. The molecule has 21 heavy (non-hydrogen) atoms. The summed E-state index contributed by atoms with van der Waals surface area (Å²) < 4.78 is 5.82. The minimum Gasteiger partial charge on any atom is -0.383 e. The third-order valence-corrected chi connectivity index (χ3v) is 5.51. The second kappa shape index (κ2) is 6.28. The van der Waals surface area contributed by atoms with Gasteiger partial charge in [0.05, 0.1) is 5.39 Å². The Morgan fingerprint density at radius 1 is 1.19 bits per heavy atom. The molecule has 0 unspecified atom stereocenters. The average Bonchev–Trinajstić information content (AvgIpc) is 2.75. The van der Waals surface area contributed by atoms with Crippen LogP contribution in [0.1, 0.15) is 48.4 Å². The highest BCUT2D eigenvalue weighted by Gasteiger charge is 2.15. The van der Waals surface area contributed by atoms with E-state index in [1.165, 1.54) is 42.5 Å². The quantitative estimate of drug-likeness (QED) is 0.928. The fourth-order valence-electron chi connectivity index (χ4n) is 3.06. The Hall–Kier alpha value is -1.20. The van der Waals surface area contributed by atoms with Gasteiger partial charge in [0, 0.05) is 11.5 Å². The molecule has 3 rings (SSSR count). The van der Waals surface area contributed by atoms with Crippen LogP contribution in [-0.4, -0.2) is 16.6 Å². The number of aryl methyl sites for hydroxylation is 2. The van der Waals surface area contributed by atoms with Crippen LogP contribution in [0, 0.1) is 19.8 Å². The Morgan fingerprint density at radius 2 is 1.95 bits per heavy atom. The van der Waals surface area contributed by atoms with Gasteiger partial charge >= 0.3 is 0 Å². The molecule has 0 spiro atoms. The first kappa shape index (κ1) is 14.7. The van der Waals surface area contributed by atoms with Gasteiger partial charge in [0.1, 0.15) is 17.3 Å². The molecular formula is C16H23N3OS. The number of aromatic nitrogens is 2. The van der Waals surface area contributed by atoms with E-state index >= 15 is 0 Å². The molecule has 1 aliphatic rings. The topological polar surface area (TPSA) is 61.0 Å². The van der Waals surface area contributed by atoms with E-state index in [1.54, 1.807) is 11.3 Å². The molecular weight excluding hydrogens is 282 g/mol. The molecule has 0 saturated heterocycles. The first-order chi connectivity index (χ1) is 10.1. The molecule has 4 nitrogen and oxygen atoms in total. The van der Waals surface area contributed by atoms with Gasteiger partial charge in [-0.05, 0) is 38.2 Å². The Bertz CT molecular complexity index is 632. The second-order valence-corrected chi connectivity index (χ2v) is 7.21. The van der Waals surface area contributed by atoms with E-state index in [9.17, 15) is 0 Å². The largest absolute Gasteiger partial charge is 0.383 e. The van der Waals surface area contributed by atoms with Crippen LogP contribution in [-0.2, 0) is 11.3 Å². The summed E-state index contributed by atoms with van der Waals surface area (Å²) in [5.41, 5.74) is 7.28. The summed E-state index contributed by atoms with van der Waals surface area (Å²) in [6.45, 7) is 5.46. The Kier molecular flexibility index (Phi) is 4.40. The minimum absolute atomic E-state index is 0.465. The molecule has 1 saturated carbocycles. The Balaban J connectivity index is 1.67. The maximum atomic E-state index is 6.09. The van der Waals surface area contributed by atoms with Crippen molar-refractivity contribution in [1.82, 2.24) is 9.97 Å². The van der Waals surface area contributed by atoms with Crippen molar-refractivity contribution in [2.45, 2.75) is 52.6 Å². The van der Waals surface area contributed by atoms with Crippen molar-refractivity contribution in [2.24, 2.45) is 5.92 Å². The van der Waals surface area contributed by atoms with Crippen LogP contribution in [0.25, 0.3) is 10.2 Å². The first-order valence-corrected chi connectivity index (χ1v) is 8.56. The van der Waals surface area contributed by atoms with Crippen LogP contribution >= 0.6 is 11.3 Å². The molecule has 0 radical (unpaired) electrons. The van der Waals surface area contributed by atoms with E-state index in [0.717, 1.165) is 16.8 Å². The molecule has 0 aliphatic heterocycles. The summed E-state index contributed by atoms with van der Waals surface area (Å²) in [6, 6.07) is 0. The predicted molar refractivity (Wildman–Crippen MR) is 87.5 cm³/mol. The zero-order valence-corrected chi connectivity index (χ0v) is 13.6. The molecule has 2 aromatic rings. The van der Waals surface area contributed by atoms with Gasteiger partial charge in [-0.25, -0.2) is 9.97 Å². The molecule has 2 N–H and O–H groups in total. The zero-order valence-electron chi connectivity index (χ0n) is 12.8. The fourth-order valence-corrected chi connectivity index (χ4v) is 4.12. The lowest BCUT2D eigenvalue weighted by atomic mass is 9.90. The van der Waals surface area contributed by atoms with Crippen molar-refractivity contribution in [3.8, 4) is 0 Å². The van der Waals surface area contributed by atoms with Gasteiger partial charge in [0.15, 0.2) is 5.82 Å². The van der Waals surface area contributed by atoms with Crippen LogP contribution in [0.2, 0.25) is 0 Å². The fraction of sp³-hybridized carbons (Fsp3) is 0.625. The van der Waals surface area contributed by atoms with E-state index in [1.807, 2.05) is 0 Å². The summed E-state index contributed by atoms with van der Waals surface area (Å²) in [5, 5.41) is 1.01. The predicted octanol–water partition coefficient (Wildman–Crippen LogP) is 3.99. The molecule has 2 heterocycles. The van der Waals surface area contributed by atoms with Crippen LogP contribution in [0.3, 0.4) is 0 Å². The average molecular weight is 305 g/mol. The number of rotatable bonds is 4. The third-order valence-electron chi connectivity index (χ3n) is 4.41. The van der Waals surface area contributed by atoms with Gasteiger partial charge in [0.2, 0.25) is 0 Å². The summed E-state index contributed by atoms with van der Waals surface area (Å²) in [4.78, 5) is 11.2. The van der Waals surface area contributed by atoms with Crippen molar-refractivity contribution < 1.29 is 4.74 Å². The number of fused-ring (bicyclic) bond motifs is 1. The SMILES string of the molecule is Cc1sc2nc(COCC3CCCCC3)nc(N)c2c1C. The van der Waals surface area contributed by atoms with Gasteiger partial charge in [-0.2, -0.15) is 0 Å². The van der Waals surface area contributed by atoms with E-state index in [0.29, 0.717) is 24.2 Å². The van der Waals surface area contributed by atoms with Crippen molar-refractivity contribution in [3.63, 3.8) is 0 Å². The van der Waals surface area contributed by atoms with Crippen molar-refractivity contribution in [3.05, 3.63) is 16.3 Å². The molecule has 1 fully saturated rings. The lowest BCUT2D eigenvalue weighted by Crippen LogP contribution is -2.14. The van der Waals surface area contributed by atoms with Gasteiger partial charge in [0.25, 0.3) is 0 Å². The maximum Gasteiger partial charge on any atom is 0.158 e. The van der Waals surface area contributed by atoms with Crippen LogP contribution < -0.4 is 5.73 Å². The van der Waals surface area contributed by atoms with Crippen LogP contribution in [0.15, 0.2) is 0 Å². The number of ether oxygens (including phenoxy) is 1. The van der Waals surface area contributed by atoms with Gasteiger partial charge in [-0.1, -0.05) is 19.3 Å². The highest BCUT2D eigenvalue weighted by molar-refractivity contribution is 7.18. The summed E-state index contributed by atoms with van der Waals surface area (Å²) >= 11 is 1.68. The van der Waals surface area contributed by atoms with E-state index in [4.69, 9.17) is 10.5 Å². The van der Waals surface area contributed by atoms with E-state index < -0.39 is 0 Å². The summed E-state index contributed by atoms with van der Waals surface area (Å²) in [5.74, 6) is 2.00. The molecule has 5 heteroatoms. The summed E-state index contributed by atoms with van der Waals surface area (Å²) in [6.07, 6.45) is 6.66. The number of nitrogens with zero attached hydrogens (tertiary/aromatic N) is 2. The van der Waals surface area contributed by atoms with E-state index in [-0.39, 0.29) is 0 Å². The molecule has 0 aromatic carbocycles. The molecule has 0 bridgehead atoms. The van der Waals surface area contributed by atoms with Crippen molar-refractivity contribution in [1.29, 1.82) is 0 Å². The minimum atomic E-state index is 0.465. The van der Waals surface area contributed by atoms with E-state index in [2.05, 4.69) is 23.8 Å². The number of hydrogen-bond donors (Lipinski definition) is 1. The first-order valence-electron chi connectivity index (χ1n) is 7.75. The lowest BCUT2D eigenvalue weighted by Gasteiger charge is -2.21. The number of anilines is 1. The number of hydrogen-bond acceptors (Lipinski definition) is 5. The molecule has 114 valence electrons. The standard InChI is InChI=1S/C16H23N3OS/c1-10-11(2)21-16-14(10)15(17)18-13(19-16)9-20-8-12-6-4-3-5-7-12/h12H,3-9H2,1-2H3,(H2,17,18,19). The second-order valence-electron chi connectivity index (χ2n) is 6.01. The normalized spacial score (nSPS) is 16.7. The Morgan fingerprint density at radius 3 is 2.71 bits per heavy atom. The monoisotopic (exact) mass is 305 g/mol. The van der Waals surface area contributed by atoms with Crippen LogP contribution in [0.5, 0.6) is 0 Å². The Labute approximate surface area is 129 Å². The smallest absolute Gasteiger partial charge is 0.158 e. The highest BCUT2D eigenvalue weighted by atomic mass is 32.1. The number of nitrogen functional groups attached to an aromatic ring is 1. The van der Waals surface area contributed by atoms with Crippen LogP contribution in [0.4, 0.5) is 5.82 Å². The summed E-state index contributed by atoms with van der Waals surface area (Å²) in [7, 11) is 0. The highest BCUT2D eigenvalue weighted by Crippen LogP contribution is 2.32. The number of thiophene rings is 1. The zero-order chi connectivity index (χ0) is 14.8. The maximum absolute atomic E-state index is 6.09.